The second-order valence-corrected chi connectivity index (χ2v) is 4.23. The summed E-state index contributed by atoms with van der Waals surface area (Å²) in [6.45, 7) is 0.0592. The first-order valence-corrected chi connectivity index (χ1v) is 6.54. The Bertz CT molecular complexity index is 625. The minimum absolute atomic E-state index is 0.0515. The number of aromatic nitrogens is 2. The van der Waals surface area contributed by atoms with Gasteiger partial charge in [0.25, 0.3) is 0 Å². The first-order chi connectivity index (χ1) is 10.7. The number of hydrogen-bond acceptors (Lipinski definition) is 5. The highest BCUT2D eigenvalue weighted by Gasteiger charge is 2.11. The molecule has 2 amide bonds. The van der Waals surface area contributed by atoms with Gasteiger partial charge in [0.05, 0.1) is 12.8 Å². The zero-order chi connectivity index (χ0) is 15.8. The van der Waals surface area contributed by atoms with Gasteiger partial charge in [-0.2, -0.15) is 4.98 Å². The number of carbonyl (C=O) groups is 1. The van der Waals surface area contributed by atoms with Crippen molar-refractivity contribution in [3.8, 4) is 6.01 Å². The molecule has 0 unspecified atom stereocenters. The Morgan fingerprint density at radius 3 is 2.82 bits per heavy atom. The van der Waals surface area contributed by atoms with E-state index in [-0.39, 0.29) is 31.6 Å². The van der Waals surface area contributed by atoms with Crippen molar-refractivity contribution in [2.75, 3.05) is 18.5 Å². The fourth-order valence-corrected chi connectivity index (χ4v) is 1.55. The lowest BCUT2D eigenvalue weighted by Crippen LogP contribution is -2.31. The highest BCUT2D eigenvalue weighted by atomic mass is 19.1. The Morgan fingerprint density at radius 1 is 1.32 bits per heavy atom. The molecule has 7 nitrogen and oxygen atoms in total. The van der Waals surface area contributed by atoms with Crippen molar-refractivity contribution in [2.45, 2.75) is 6.61 Å². The smallest absolute Gasteiger partial charge is 0.320 e. The number of nitrogens with one attached hydrogen (secondary N) is 2. The van der Waals surface area contributed by atoms with Crippen LogP contribution in [0.5, 0.6) is 6.01 Å². The van der Waals surface area contributed by atoms with Gasteiger partial charge < -0.3 is 15.2 Å². The van der Waals surface area contributed by atoms with Crippen LogP contribution in [0.1, 0.15) is 5.56 Å². The van der Waals surface area contributed by atoms with E-state index in [1.165, 1.54) is 0 Å². The normalized spacial score (nSPS) is 10.1. The maximum Gasteiger partial charge on any atom is 0.320 e. The first-order valence-electron chi connectivity index (χ1n) is 6.54. The fourth-order valence-electron chi connectivity index (χ4n) is 1.55. The van der Waals surface area contributed by atoms with Crippen LogP contribution in [-0.2, 0) is 6.61 Å². The minimum Gasteiger partial charge on any atom is -0.459 e. The molecule has 1 aromatic heterocycles. The number of nitrogens with zero attached hydrogens (tertiary/aromatic N) is 2. The maximum absolute atomic E-state index is 13.5. The Kier molecular flexibility index (Phi) is 5.61. The Labute approximate surface area is 126 Å². The van der Waals surface area contributed by atoms with Crippen molar-refractivity contribution in [1.82, 2.24) is 15.3 Å². The molecule has 3 N–H and O–H groups in total. The molecule has 0 aliphatic carbocycles. The topological polar surface area (TPSA) is 96.4 Å². The van der Waals surface area contributed by atoms with E-state index in [1.54, 1.807) is 0 Å². The van der Waals surface area contributed by atoms with Crippen LogP contribution < -0.4 is 15.4 Å². The van der Waals surface area contributed by atoms with Gasteiger partial charge in [-0.05, 0) is 5.56 Å². The van der Waals surface area contributed by atoms with E-state index in [9.17, 15) is 9.18 Å². The summed E-state index contributed by atoms with van der Waals surface area (Å²) in [7, 11) is 0. The van der Waals surface area contributed by atoms with Crippen LogP contribution in [0.3, 0.4) is 0 Å². The number of benzene rings is 1. The summed E-state index contributed by atoms with van der Waals surface area (Å²) >= 11 is 0. The van der Waals surface area contributed by atoms with Crippen LogP contribution in [0.4, 0.5) is 15.0 Å². The lowest BCUT2D eigenvalue weighted by molar-refractivity contribution is 0.244. The average Bonchev–Trinajstić information content (AvgIpc) is 2.54. The number of aliphatic hydroxyl groups is 1. The van der Waals surface area contributed by atoms with E-state index in [1.807, 2.05) is 30.3 Å². The summed E-state index contributed by atoms with van der Waals surface area (Å²) < 4.78 is 18.9. The molecule has 0 spiro atoms. The molecule has 0 saturated heterocycles. The molecule has 0 fully saturated rings. The van der Waals surface area contributed by atoms with Crippen LogP contribution in [-0.4, -0.2) is 34.3 Å². The maximum atomic E-state index is 13.5. The summed E-state index contributed by atoms with van der Waals surface area (Å²) in [5, 5.41) is 13.1. The second-order valence-electron chi connectivity index (χ2n) is 4.23. The summed E-state index contributed by atoms with van der Waals surface area (Å²) in [5.41, 5.74) is 0.908. The number of aliphatic hydroxyl groups excluding tert-OH is 1. The average molecular weight is 306 g/mol. The molecular weight excluding hydrogens is 291 g/mol. The third-order valence-corrected chi connectivity index (χ3v) is 2.56. The van der Waals surface area contributed by atoms with E-state index in [0.29, 0.717) is 0 Å². The predicted molar refractivity (Wildman–Crippen MR) is 76.9 cm³/mol. The molecule has 1 heterocycles. The van der Waals surface area contributed by atoms with Crippen LogP contribution in [0.25, 0.3) is 0 Å². The number of halogens is 1. The lowest BCUT2D eigenvalue weighted by Gasteiger charge is -2.08. The van der Waals surface area contributed by atoms with Crippen LogP contribution in [0.2, 0.25) is 0 Å². The molecule has 22 heavy (non-hydrogen) atoms. The van der Waals surface area contributed by atoms with Crippen molar-refractivity contribution >= 4 is 11.8 Å². The summed E-state index contributed by atoms with van der Waals surface area (Å²) in [6, 6.07) is 8.61. The van der Waals surface area contributed by atoms with E-state index < -0.39 is 11.8 Å². The molecule has 0 atom stereocenters. The van der Waals surface area contributed by atoms with Gasteiger partial charge in [-0.3, -0.25) is 5.32 Å². The van der Waals surface area contributed by atoms with Gasteiger partial charge in [-0.15, -0.1) is 0 Å². The van der Waals surface area contributed by atoms with E-state index in [2.05, 4.69) is 20.6 Å². The molecule has 0 aliphatic heterocycles. The molecular formula is C14H15FN4O3. The quantitative estimate of drug-likeness (QED) is 0.747. The molecule has 0 bridgehead atoms. The van der Waals surface area contributed by atoms with Crippen molar-refractivity contribution in [3.05, 3.63) is 47.9 Å². The monoisotopic (exact) mass is 306 g/mol. The third-order valence-electron chi connectivity index (χ3n) is 2.56. The predicted octanol–water partition coefficient (Wildman–Crippen LogP) is 1.31. The number of amides is 2. The lowest BCUT2D eigenvalue weighted by atomic mass is 10.2. The highest BCUT2D eigenvalue weighted by Crippen LogP contribution is 2.14. The number of urea groups is 1. The molecule has 116 valence electrons. The zero-order valence-corrected chi connectivity index (χ0v) is 11.6. The third kappa shape index (κ3) is 4.67. The van der Waals surface area contributed by atoms with Gasteiger partial charge in [0.2, 0.25) is 0 Å². The second kappa shape index (κ2) is 7.89. The number of rotatable bonds is 6. The van der Waals surface area contributed by atoms with Crippen molar-refractivity contribution in [3.63, 3.8) is 0 Å². The zero-order valence-electron chi connectivity index (χ0n) is 11.6. The van der Waals surface area contributed by atoms with Gasteiger partial charge in [-0.25, -0.2) is 14.2 Å². The standard InChI is InChI=1S/C14H15FN4O3/c15-11-8-17-14(22-9-10-4-2-1-3-5-10)19-12(11)18-13(21)16-6-7-20/h1-5,8,20H,6-7,9H2,(H2,16,17,18,19,21). The fraction of sp³-hybridized carbons (Fsp3) is 0.214. The molecule has 2 aromatic rings. The molecule has 8 heteroatoms. The van der Waals surface area contributed by atoms with Crippen LogP contribution >= 0.6 is 0 Å². The highest BCUT2D eigenvalue weighted by molar-refractivity contribution is 5.88. The van der Waals surface area contributed by atoms with Gasteiger partial charge in [0.15, 0.2) is 11.6 Å². The molecule has 0 radical (unpaired) electrons. The Balaban J connectivity index is 1.98. The SMILES string of the molecule is O=C(NCCO)Nc1nc(OCc2ccccc2)ncc1F. The summed E-state index contributed by atoms with van der Waals surface area (Å²) in [5.74, 6) is -1.08. The van der Waals surface area contributed by atoms with E-state index >= 15 is 0 Å². The molecule has 0 aliphatic rings. The minimum atomic E-state index is -0.786. The number of carbonyl (C=O) groups excluding carboxylic acids is 1. The molecule has 1 aromatic carbocycles. The Morgan fingerprint density at radius 2 is 2.09 bits per heavy atom. The van der Waals surface area contributed by atoms with Crippen molar-refractivity contribution < 1.29 is 19.0 Å². The van der Waals surface area contributed by atoms with Gasteiger partial charge in [-0.1, -0.05) is 30.3 Å². The van der Waals surface area contributed by atoms with E-state index in [4.69, 9.17) is 9.84 Å². The Hall–Kier alpha value is -2.74. The van der Waals surface area contributed by atoms with Crippen molar-refractivity contribution in [2.24, 2.45) is 0 Å². The van der Waals surface area contributed by atoms with Gasteiger partial charge in [0.1, 0.15) is 6.61 Å². The van der Waals surface area contributed by atoms with Gasteiger partial charge >= 0.3 is 12.0 Å². The van der Waals surface area contributed by atoms with Crippen LogP contribution in [0.15, 0.2) is 36.5 Å². The summed E-state index contributed by atoms with van der Waals surface area (Å²) in [6.07, 6.45) is 0.912. The largest absolute Gasteiger partial charge is 0.459 e. The van der Waals surface area contributed by atoms with Gasteiger partial charge in [0, 0.05) is 6.54 Å². The molecule has 0 saturated carbocycles. The number of ether oxygens (including phenoxy) is 1. The summed E-state index contributed by atoms with van der Waals surface area (Å²) in [4.78, 5) is 18.9. The molecule has 2 rings (SSSR count). The number of anilines is 1. The van der Waals surface area contributed by atoms with Crippen molar-refractivity contribution in [1.29, 1.82) is 0 Å². The number of hydrogen-bond donors (Lipinski definition) is 3. The van der Waals surface area contributed by atoms with E-state index in [0.717, 1.165) is 11.8 Å². The first kappa shape index (κ1) is 15.6. The van der Waals surface area contributed by atoms with Crippen LogP contribution in [0, 0.1) is 5.82 Å².